The molecule has 0 unspecified atom stereocenters. The minimum absolute atomic E-state index is 0.0899. The van der Waals surface area contributed by atoms with Gasteiger partial charge < -0.3 is 10.2 Å². The van der Waals surface area contributed by atoms with E-state index in [-0.39, 0.29) is 11.3 Å². The number of hydrogen-bond acceptors (Lipinski definition) is 4. The normalized spacial score (nSPS) is 14.5. The lowest BCUT2D eigenvalue weighted by molar-refractivity contribution is 0.136. The Morgan fingerprint density at radius 2 is 1.50 bits per heavy atom. The Morgan fingerprint density at radius 1 is 0.955 bits per heavy atom. The van der Waals surface area contributed by atoms with Crippen LogP contribution in [0.5, 0.6) is 0 Å². The first kappa shape index (κ1) is 16.6. The van der Waals surface area contributed by atoms with Crippen LogP contribution < -0.4 is 4.72 Å². The van der Waals surface area contributed by atoms with Crippen LogP contribution in [0.3, 0.4) is 0 Å². The van der Waals surface area contributed by atoms with Crippen LogP contribution in [-0.2, 0) is 10.0 Å². The van der Waals surface area contributed by atoms with E-state index in [0.717, 1.165) is 0 Å². The van der Waals surface area contributed by atoms with Gasteiger partial charge in [-0.1, -0.05) is 48.5 Å². The van der Waals surface area contributed by atoms with Crippen LogP contribution in [0.1, 0.15) is 18.1 Å². The van der Waals surface area contributed by atoms with E-state index >= 15 is 0 Å². The minimum Gasteiger partial charge on any atom is -0.395 e. The lowest BCUT2D eigenvalue weighted by atomic mass is 10.0. The second-order valence-electron chi connectivity index (χ2n) is 4.98. The molecule has 0 amide bonds. The summed E-state index contributed by atoms with van der Waals surface area (Å²) >= 11 is 0. The molecule has 2 aromatic rings. The van der Waals surface area contributed by atoms with Gasteiger partial charge in [0.1, 0.15) is 0 Å². The smallest absolute Gasteiger partial charge is 0.240 e. The first-order valence-electron chi connectivity index (χ1n) is 6.94. The van der Waals surface area contributed by atoms with Crippen molar-refractivity contribution in [2.75, 3.05) is 6.61 Å². The van der Waals surface area contributed by atoms with Crippen molar-refractivity contribution in [2.24, 2.45) is 0 Å². The summed E-state index contributed by atoms with van der Waals surface area (Å²) in [6.45, 7) is -0.393. The average molecular weight is 321 g/mol. The first-order valence-corrected chi connectivity index (χ1v) is 8.42. The first-order chi connectivity index (χ1) is 10.5. The molecule has 0 aliphatic heterocycles. The zero-order valence-corrected chi connectivity index (χ0v) is 12.8. The minimum atomic E-state index is -3.72. The van der Waals surface area contributed by atoms with Crippen LogP contribution in [0.4, 0.5) is 0 Å². The van der Waals surface area contributed by atoms with E-state index in [2.05, 4.69) is 4.72 Å². The van der Waals surface area contributed by atoms with Crippen molar-refractivity contribution >= 4 is 10.0 Å². The highest BCUT2D eigenvalue weighted by Crippen LogP contribution is 2.19. The van der Waals surface area contributed by atoms with E-state index in [1.807, 2.05) is 6.07 Å². The Kier molecular flexibility index (Phi) is 5.68. The second kappa shape index (κ2) is 7.51. The van der Waals surface area contributed by atoms with Gasteiger partial charge in [0.05, 0.1) is 17.6 Å². The summed E-state index contributed by atoms with van der Waals surface area (Å²) in [5.74, 6) is 0. The molecule has 2 aromatic carbocycles. The van der Waals surface area contributed by atoms with Crippen molar-refractivity contribution in [1.82, 2.24) is 4.72 Å². The molecule has 0 heterocycles. The third kappa shape index (κ3) is 4.38. The zero-order chi connectivity index (χ0) is 16.0. The summed E-state index contributed by atoms with van der Waals surface area (Å²) in [4.78, 5) is 0.127. The van der Waals surface area contributed by atoms with Crippen molar-refractivity contribution in [3.63, 3.8) is 0 Å². The quantitative estimate of drug-likeness (QED) is 0.720. The number of hydrogen-bond donors (Lipinski definition) is 3. The summed E-state index contributed by atoms with van der Waals surface area (Å²) in [5, 5.41) is 19.5. The van der Waals surface area contributed by atoms with Gasteiger partial charge in [-0.25, -0.2) is 13.1 Å². The number of rotatable bonds is 7. The molecule has 0 fully saturated rings. The molecular formula is C16H19NO4S. The van der Waals surface area contributed by atoms with Crippen LogP contribution in [0.2, 0.25) is 0 Å². The molecule has 0 aliphatic carbocycles. The van der Waals surface area contributed by atoms with E-state index in [1.165, 1.54) is 12.1 Å². The van der Waals surface area contributed by atoms with Gasteiger partial charge in [-0.2, -0.15) is 0 Å². The van der Waals surface area contributed by atoms with Crippen LogP contribution in [0.25, 0.3) is 0 Å². The van der Waals surface area contributed by atoms with Crippen LogP contribution >= 0.6 is 0 Å². The maximum atomic E-state index is 12.2. The standard InChI is InChI=1S/C16H19NO4S/c18-12-14(11-16(19)13-7-3-1-4-8-13)17-22(20,21)15-9-5-2-6-10-15/h1-10,14,16-19H,11-12H2/t14-,16+/m1/s1. The fourth-order valence-corrected chi connectivity index (χ4v) is 3.39. The van der Waals surface area contributed by atoms with Crippen LogP contribution in [0, 0.1) is 0 Å². The highest BCUT2D eigenvalue weighted by atomic mass is 32.2. The fourth-order valence-electron chi connectivity index (χ4n) is 2.13. The summed E-state index contributed by atoms with van der Waals surface area (Å²) in [7, 11) is -3.72. The van der Waals surface area contributed by atoms with Crippen LogP contribution in [0.15, 0.2) is 65.6 Å². The molecule has 0 aromatic heterocycles. The number of sulfonamides is 1. The topological polar surface area (TPSA) is 86.6 Å². The molecule has 2 rings (SSSR count). The average Bonchev–Trinajstić information content (AvgIpc) is 2.55. The molecule has 2 atom stereocenters. The van der Waals surface area contributed by atoms with Gasteiger partial charge in [-0.3, -0.25) is 0 Å². The molecule has 0 saturated carbocycles. The predicted molar refractivity (Wildman–Crippen MR) is 83.7 cm³/mol. The van der Waals surface area contributed by atoms with Crippen molar-refractivity contribution in [3.05, 3.63) is 66.2 Å². The molecule has 0 radical (unpaired) electrons. The third-order valence-electron chi connectivity index (χ3n) is 3.29. The Hall–Kier alpha value is -1.73. The Bertz CT molecular complexity index is 674. The van der Waals surface area contributed by atoms with Crippen molar-refractivity contribution in [2.45, 2.75) is 23.5 Å². The lowest BCUT2D eigenvalue weighted by Crippen LogP contribution is -2.38. The van der Waals surface area contributed by atoms with Gasteiger partial charge in [0.25, 0.3) is 0 Å². The molecular weight excluding hydrogens is 302 g/mol. The molecule has 0 bridgehead atoms. The summed E-state index contributed by atoms with van der Waals surface area (Å²) in [6.07, 6.45) is -0.760. The predicted octanol–water partition coefficient (Wildman–Crippen LogP) is 1.45. The second-order valence-corrected chi connectivity index (χ2v) is 6.69. The zero-order valence-electron chi connectivity index (χ0n) is 12.0. The molecule has 0 aliphatic rings. The van der Waals surface area contributed by atoms with Crippen molar-refractivity contribution in [1.29, 1.82) is 0 Å². The molecule has 0 saturated heterocycles. The van der Waals surface area contributed by atoms with Gasteiger partial charge in [0.15, 0.2) is 0 Å². The van der Waals surface area contributed by atoms with E-state index in [1.54, 1.807) is 42.5 Å². The molecule has 0 spiro atoms. The molecule has 22 heavy (non-hydrogen) atoms. The van der Waals surface area contributed by atoms with E-state index < -0.39 is 28.8 Å². The van der Waals surface area contributed by atoms with Crippen molar-refractivity contribution in [3.8, 4) is 0 Å². The molecule has 3 N–H and O–H groups in total. The lowest BCUT2D eigenvalue weighted by Gasteiger charge is -2.20. The van der Waals surface area contributed by atoms with Gasteiger partial charge >= 0.3 is 0 Å². The van der Waals surface area contributed by atoms with E-state index in [0.29, 0.717) is 5.56 Å². The molecule has 118 valence electrons. The highest BCUT2D eigenvalue weighted by Gasteiger charge is 2.22. The summed E-state index contributed by atoms with van der Waals surface area (Å²) in [5.41, 5.74) is 0.680. The van der Waals surface area contributed by atoms with Crippen molar-refractivity contribution < 1.29 is 18.6 Å². The van der Waals surface area contributed by atoms with Gasteiger partial charge in [0.2, 0.25) is 10.0 Å². The Balaban J connectivity index is 2.06. The van der Waals surface area contributed by atoms with Gasteiger partial charge in [0, 0.05) is 6.04 Å². The number of aliphatic hydroxyl groups is 2. The molecule has 6 heteroatoms. The maximum absolute atomic E-state index is 12.2. The SMILES string of the molecule is O=S(=O)(N[C@@H](CO)C[C@H](O)c1ccccc1)c1ccccc1. The third-order valence-corrected chi connectivity index (χ3v) is 4.82. The summed E-state index contributed by atoms with van der Waals surface area (Å²) < 4.78 is 26.9. The Labute approximate surface area is 130 Å². The number of nitrogens with one attached hydrogen (secondary N) is 1. The van der Waals surface area contributed by atoms with E-state index in [4.69, 9.17) is 0 Å². The van der Waals surface area contributed by atoms with Gasteiger partial charge in [-0.05, 0) is 24.1 Å². The Morgan fingerprint density at radius 3 is 2.05 bits per heavy atom. The monoisotopic (exact) mass is 321 g/mol. The van der Waals surface area contributed by atoms with Crippen LogP contribution in [-0.4, -0.2) is 31.3 Å². The van der Waals surface area contributed by atoms with Gasteiger partial charge in [-0.15, -0.1) is 0 Å². The van der Waals surface area contributed by atoms with E-state index in [9.17, 15) is 18.6 Å². The maximum Gasteiger partial charge on any atom is 0.240 e. The molecule has 5 nitrogen and oxygen atoms in total. The fraction of sp³-hybridized carbons (Fsp3) is 0.250. The number of benzene rings is 2. The largest absolute Gasteiger partial charge is 0.395 e. The highest BCUT2D eigenvalue weighted by molar-refractivity contribution is 7.89. The number of aliphatic hydroxyl groups excluding tert-OH is 2. The summed E-state index contributed by atoms with van der Waals surface area (Å²) in [6, 6.07) is 16.1.